The summed E-state index contributed by atoms with van der Waals surface area (Å²) in [5, 5.41) is 5.45. The maximum Gasteiger partial charge on any atom is 0.417 e. The summed E-state index contributed by atoms with van der Waals surface area (Å²) >= 11 is 0. The lowest BCUT2D eigenvalue weighted by Crippen LogP contribution is -2.13. The molecule has 0 radical (unpaired) electrons. The van der Waals surface area contributed by atoms with Crippen molar-refractivity contribution < 1.29 is 27.1 Å². The molecule has 1 aromatic carbocycles. The molecular formula is C24H17F4N5O2. The fraction of sp³-hybridized carbons (Fsp3) is 0.0833. The minimum absolute atomic E-state index is 0.118. The Hall–Kier alpha value is -4.54. The van der Waals surface area contributed by atoms with Crippen molar-refractivity contribution in [3.05, 3.63) is 90.3 Å². The minimum Gasteiger partial charge on any atom is -0.497 e. The SMILES string of the molecule is COc1ccc(-c2ccncc2NC(=O)c2ccnc(Nc3ccc(C(F)(F)F)cn3)c2)c(F)c1. The molecule has 0 saturated heterocycles. The van der Waals surface area contributed by atoms with Gasteiger partial charge in [-0.25, -0.2) is 14.4 Å². The van der Waals surface area contributed by atoms with Gasteiger partial charge < -0.3 is 15.4 Å². The normalized spacial score (nSPS) is 11.1. The molecule has 2 N–H and O–H groups in total. The van der Waals surface area contributed by atoms with Crippen molar-refractivity contribution in [3.8, 4) is 16.9 Å². The van der Waals surface area contributed by atoms with E-state index in [9.17, 15) is 22.4 Å². The van der Waals surface area contributed by atoms with E-state index < -0.39 is 23.5 Å². The first-order valence-corrected chi connectivity index (χ1v) is 10.1. The Labute approximate surface area is 196 Å². The van der Waals surface area contributed by atoms with Crippen molar-refractivity contribution in [2.24, 2.45) is 0 Å². The molecule has 4 rings (SSSR count). The van der Waals surface area contributed by atoms with Crippen LogP contribution in [0, 0.1) is 5.82 Å². The number of ether oxygens (including phenoxy) is 1. The summed E-state index contributed by atoms with van der Waals surface area (Å²) in [6.07, 6.45) is 0.418. The highest BCUT2D eigenvalue weighted by atomic mass is 19.4. The van der Waals surface area contributed by atoms with Gasteiger partial charge in [-0.3, -0.25) is 9.78 Å². The third-order valence-electron chi connectivity index (χ3n) is 4.90. The topological polar surface area (TPSA) is 89.0 Å². The highest BCUT2D eigenvalue weighted by Crippen LogP contribution is 2.32. The third-order valence-corrected chi connectivity index (χ3v) is 4.90. The van der Waals surface area contributed by atoms with Crippen LogP contribution >= 0.6 is 0 Å². The van der Waals surface area contributed by atoms with Gasteiger partial charge in [-0.15, -0.1) is 0 Å². The van der Waals surface area contributed by atoms with Crippen molar-refractivity contribution in [3.63, 3.8) is 0 Å². The molecule has 0 unspecified atom stereocenters. The smallest absolute Gasteiger partial charge is 0.417 e. The second kappa shape index (κ2) is 9.75. The monoisotopic (exact) mass is 483 g/mol. The predicted molar refractivity (Wildman–Crippen MR) is 121 cm³/mol. The number of hydrogen-bond donors (Lipinski definition) is 2. The lowest BCUT2D eigenvalue weighted by Gasteiger charge is -2.13. The van der Waals surface area contributed by atoms with Crippen molar-refractivity contribution in [2.45, 2.75) is 6.18 Å². The number of carbonyl (C=O) groups is 1. The Morgan fingerprint density at radius 3 is 2.43 bits per heavy atom. The number of anilines is 3. The number of rotatable bonds is 6. The van der Waals surface area contributed by atoms with Crippen LogP contribution in [-0.4, -0.2) is 28.0 Å². The van der Waals surface area contributed by atoms with Gasteiger partial charge in [0.15, 0.2) is 0 Å². The van der Waals surface area contributed by atoms with Crippen LogP contribution in [0.3, 0.4) is 0 Å². The van der Waals surface area contributed by atoms with E-state index in [2.05, 4.69) is 25.6 Å². The molecule has 0 atom stereocenters. The number of carbonyl (C=O) groups excluding carboxylic acids is 1. The molecule has 0 bridgehead atoms. The van der Waals surface area contributed by atoms with Crippen LogP contribution in [0.4, 0.5) is 34.9 Å². The Balaban J connectivity index is 1.53. The van der Waals surface area contributed by atoms with Crippen molar-refractivity contribution in [1.29, 1.82) is 0 Å². The quantitative estimate of drug-likeness (QED) is 0.342. The molecule has 0 saturated carbocycles. The molecule has 35 heavy (non-hydrogen) atoms. The number of alkyl halides is 3. The number of nitrogens with zero attached hydrogens (tertiary/aromatic N) is 3. The second-order valence-electron chi connectivity index (χ2n) is 7.21. The maximum absolute atomic E-state index is 14.6. The predicted octanol–water partition coefficient (Wildman–Crippen LogP) is 5.70. The van der Waals surface area contributed by atoms with Gasteiger partial charge in [0.05, 0.1) is 24.6 Å². The lowest BCUT2D eigenvalue weighted by atomic mass is 10.0. The number of pyridine rings is 3. The Kier molecular flexibility index (Phi) is 6.58. The van der Waals surface area contributed by atoms with Crippen LogP contribution in [0.15, 0.2) is 73.3 Å². The van der Waals surface area contributed by atoms with Gasteiger partial charge in [0.2, 0.25) is 0 Å². The summed E-state index contributed by atoms with van der Waals surface area (Å²) in [6, 6.07) is 10.8. The summed E-state index contributed by atoms with van der Waals surface area (Å²) in [7, 11) is 1.43. The third kappa shape index (κ3) is 5.52. The molecule has 178 valence electrons. The zero-order valence-corrected chi connectivity index (χ0v) is 18.1. The fourth-order valence-electron chi connectivity index (χ4n) is 3.17. The summed E-state index contributed by atoms with van der Waals surface area (Å²) < 4.78 is 57.8. The molecule has 3 heterocycles. The minimum atomic E-state index is -4.50. The van der Waals surface area contributed by atoms with E-state index in [0.717, 1.165) is 12.1 Å². The summed E-state index contributed by atoms with van der Waals surface area (Å²) in [5.41, 5.74) is 0.241. The number of aromatic nitrogens is 3. The summed E-state index contributed by atoms with van der Waals surface area (Å²) in [6.45, 7) is 0. The largest absolute Gasteiger partial charge is 0.497 e. The van der Waals surface area contributed by atoms with E-state index in [4.69, 9.17) is 4.74 Å². The molecule has 0 aliphatic carbocycles. The molecule has 7 nitrogen and oxygen atoms in total. The molecule has 0 spiro atoms. The highest BCUT2D eigenvalue weighted by Gasteiger charge is 2.30. The van der Waals surface area contributed by atoms with Gasteiger partial charge in [-0.05, 0) is 42.5 Å². The Morgan fingerprint density at radius 1 is 0.914 bits per heavy atom. The summed E-state index contributed by atoms with van der Waals surface area (Å²) in [4.78, 5) is 24.7. The number of benzene rings is 1. The first-order valence-electron chi connectivity index (χ1n) is 10.1. The number of methoxy groups -OCH3 is 1. The van der Waals surface area contributed by atoms with E-state index in [1.807, 2.05) is 0 Å². The average molecular weight is 483 g/mol. The maximum atomic E-state index is 14.6. The number of hydrogen-bond acceptors (Lipinski definition) is 6. The zero-order valence-electron chi connectivity index (χ0n) is 18.1. The lowest BCUT2D eigenvalue weighted by molar-refractivity contribution is -0.137. The standard InChI is InChI=1S/C24H17F4N5O2/c1-35-16-3-4-17(19(25)11-16)18-7-8-29-13-20(18)32-23(34)14-6-9-30-22(10-14)33-21-5-2-15(12-31-21)24(26,27)28/h2-13H,1H3,(H,32,34)(H,30,31,33). The first kappa shape index (κ1) is 23.6. The molecular weight excluding hydrogens is 466 g/mol. The molecule has 0 aliphatic rings. The van der Waals surface area contributed by atoms with Gasteiger partial charge >= 0.3 is 6.18 Å². The number of nitrogens with one attached hydrogen (secondary N) is 2. The highest BCUT2D eigenvalue weighted by molar-refractivity contribution is 6.06. The van der Waals surface area contributed by atoms with Crippen molar-refractivity contribution in [2.75, 3.05) is 17.7 Å². The second-order valence-corrected chi connectivity index (χ2v) is 7.21. The fourth-order valence-corrected chi connectivity index (χ4v) is 3.17. The Morgan fingerprint density at radius 2 is 1.74 bits per heavy atom. The van der Waals surface area contributed by atoms with Crippen LogP contribution in [0.5, 0.6) is 5.75 Å². The number of halogens is 4. The van der Waals surface area contributed by atoms with E-state index in [-0.39, 0.29) is 28.5 Å². The van der Waals surface area contributed by atoms with Crippen molar-refractivity contribution in [1.82, 2.24) is 15.0 Å². The average Bonchev–Trinajstić information content (AvgIpc) is 2.84. The van der Waals surface area contributed by atoms with Crippen molar-refractivity contribution >= 4 is 23.2 Å². The van der Waals surface area contributed by atoms with Crippen LogP contribution < -0.4 is 15.4 Å². The van der Waals surface area contributed by atoms with Crippen LogP contribution in [0.1, 0.15) is 15.9 Å². The van der Waals surface area contributed by atoms with Crippen LogP contribution in [0.2, 0.25) is 0 Å². The molecule has 3 aromatic heterocycles. The van der Waals surface area contributed by atoms with E-state index >= 15 is 0 Å². The molecule has 0 fully saturated rings. The molecule has 1 amide bonds. The van der Waals surface area contributed by atoms with Gasteiger partial charge in [0.1, 0.15) is 23.2 Å². The van der Waals surface area contributed by atoms with Gasteiger partial charge in [0, 0.05) is 41.3 Å². The van der Waals surface area contributed by atoms with Gasteiger partial charge in [-0.1, -0.05) is 0 Å². The van der Waals surface area contributed by atoms with E-state index in [0.29, 0.717) is 17.5 Å². The van der Waals surface area contributed by atoms with Crippen LogP contribution in [-0.2, 0) is 6.18 Å². The van der Waals surface area contributed by atoms with E-state index in [1.165, 1.54) is 50.0 Å². The molecule has 11 heteroatoms. The van der Waals surface area contributed by atoms with Gasteiger partial charge in [0.25, 0.3) is 5.91 Å². The molecule has 0 aliphatic heterocycles. The Bertz CT molecular complexity index is 1360. The van der Waals surface area contributed by atoms with Gasteiger partial charge in [-0.2, -0.15) is 13.2 Å². The van der Waals surface area contributed by atoms with Crippen LogP contribution in [0.25, 0.3) is 11.1 Å². The first-order chi connectivity index (χ1) is 16.7. The summed E-state index contributed by atoms with van der Waals surface area (Å²) in [5.74, 6) is -0.403. The number of amides is 1. The molecule has 4 aromatic rings. The van der Waals surface area contributed by atoms with E-state index in [1.54, 1.807) is 12.1 Å². The zero-order chi connectivity index (χ0) is 25.0.